The van der Waals surface area contributed by atoms with Gasteiger partial charge in [-0.3, -0.25) is 9.69 Å². The Morgan fingerprint density at radius 1 is 1.19 bits per heavy atom. The summed E-state index contributed by atoms with van der Waals surface area (Å²) in [5.41, 5.74) is 0.939. The maximum absolute atomic E-state index is 12.7. The molecular formula is C31H44N4O7. The van der Waals surface area contributed by atoms with Gasteiger partial charge in [0.1, 0.15) is 24.6 Å². The number of rotatable bonds is 14. The number of carboxylic acid groups (broad SMARTS) is 1. The number of esters is 1. The summed E-state index contributed by atoms with van der Waals surface area (Å²) in [4.78, 5) is 35.1. The van der Waals surface area contributed by atoms with Crippen LogP contribution in [0.5, 0.6) is 11.6 Å². The number of unbranched alkanes of at least 4 members (excludes halogenated alkanes) is 1. The van der Waals surface area contributed by atoms with E-state index in [1.54, 1.807) is 46.9 Å². The second-order valence-electron chi connectivity index (χ2n) is 11.6. The smallest absolute Gasteiger partial charge is 0.405 e. The molecule has 1 aromatic heterocycles. The molecule has 1 fully saturated rings. The summed E-state index contributed by atoms with van der Waals surface area (Å²) in [7, 11) is 2.85. The number of aliphatic hydroxyl groups is 1. The molecule has 11 nitrogen and oxygen atoms in total. The van der Waals surface area contributed by atoms with Crippen molar-refractivity contribution >= 4 is 23.1 Å². The van der Waals surface area contributed by atoms with Gasteiger partial charge in [-0.25, -0.2) is 14.8 Å². The standard InChI is InChI=1S/C31H44N4O7/c1-7-25(29(37)41-6)35(28(36)26(31(2,3)4)34-30(38)39)17-18-42-27-23(12-10-8-9-11-20-13-14-20)32-22-16-15-21(40-5)19-24(22)33-27/h15-16,19-20,25-26,28,34,36H,7-9,11,13-14,17-18H2,1-6H3,(H,38,39)/t25-,26+,28?/m0/s1. The van der Waals surface area contributed by atoms with Crippen LogP contribution in [0.3, 0.4) is 0 Å². The molecule has 1 saturated carbocycles. The minimum absolute atomic E-state index is 0.00893. The summed E-state index contributed by atoms with van der Waals surface area (Å²) < 4.78 is 16.4. The van der Waals surface area contributed by atoms with Crippen molar-refractivity contribution in [3.05, 3.63) is 23.9 Å². The zero-order chi connectivity index (χ0) is 30.9. The number of methoxy groups -OCH3 is 2. The maximum Gasteiger partial charge on any atom is 0.405 e. The molecule has 1 aliphatic rings. The average Bonchev–Trinajstić information content (AvgIpc) is 3.78. The number of fused-ring (bicyclic) bond motifs is 1. The molecule has 11 heteroatoms. The van der Waals surface area contributed by atoms with Crippen molar-refractivity contribution in [2.75, 3.05) is 27.4 Å². The fourth-order valence-corrected chi connectivity index (χ4v) is 4.81. The number of benzene rings is 1. The number of ether oxygens (including phenoxy) is 3. The highest BCUT2D eigenvalue weighted by Crippen LogP contribution is 2.33. The Bertz CT molecular complexity index is 1280. The van der Waals surface area contributed by atoms with Crippen LogP contribution in [0.15, 0.2) is 18.2 Å². The Morgan fingerprint density at radius 2 is 1.93 bits per heavy atom. The first-order valence-corrected chi connectivity index (χ1v) is 14.5. The van der Waals surface area contributed by atoms with E-state index in [4.69, 9.17) is 14.2 Å². The van der Waals surface area contributed by atoms with Crippen molar-refractivity contribution in [3.63, 3.8) is 0 Å². The molecule has 3 atom stereocenters. The zero-order valence-corrected chi connectivity index (χ0v) is 25.5. The van der Waals surface area contributed by atoms with Crippen molar-refractivity contribution in [2.24, 2.45) is 11.3 Å². The Balaban J connectivity index is 1.87. The first-order chi connectivity index (χ1) is 20.0. The first kappa shape index (κ1) is 32.9. The Hall–Kier alpha value is -3.62. The third-order valence-electron chi connectivity index (χ3n) is 7.36. The lowest BCUT2D eigenvalue weighted by Gasteiger charge is -2.42. The first-order valence-electron chi connectivity index (χ1n) is 14.5. The van der Waals surface area contributed by atoms with Gasteiger partial charge >= 0.3 is 12.1 Å². The van der Waals surface area contributed by atoms with E-state index in [1.165, 1.54) is 31.3 Å². The third-order valence-corrected chi connectivity index (χ3v) is 7.36. The molecule has 3 N–H and O–H groups in total. The van der Waals surface area contributed by atoms with Gasteiger partial charge in [-0.2, -0.15) is 0 Å². The van der Waals surface area contributed by atoms with Crippen molar-refractivity contribution in [1.82, 2.24) is 20.2 Å². The topological polar surface area (TPSA) is 143 Å². The van der Waals surface area contributed by atoms with E-state index < -0.39 is 35.8 Å². The fourth-order valence-electron chi connectivity index (χ4n) is 4.81. The van der Waals surface area contributed by atoms with Crippen molar-refractivity contribution in [2.45, 2.75) is 84.5 Å². The van der Waals surface area contributed by atoms with Gasteiger partial charge in [-0.1, -0.05) is 46.5 Å². The lowest BCUT2D eigenvalue weighted by atomic mass is 9.85. The number of aromatic nitrogens is 2. The highest BCUT2D eigenvalue weighted by atomic mass is 16.5. The lowest BCUT2D eigenvalue weighted by Crippen LogP contribution is -2.61. The van der Waals surface area contributed by atoms with Crippen LogP contribution < -0.4 is 14.8 Å². The Kier molecular flexibility index (Phi) is 11.8. The maximum atomic E-state index is 12.7. The van der Waals surface area contributed by atoms with E-state index >= 15 is 0 Å². The number of aliphatic hydroxyl groups excluding tert-OH is 1. The number of hydrogen-bond donors (Lipinski definition) is 3. The van der Waals surface area contributed by atoms with Gasteiger partial charge in [-0.15, -0.1) is 0 Å². The van der Waals surface area contributed by atoms with E-state index in [9.17, 15) is 19.8 Å². The summed E-state index contributed by atoms with van der Waals surface area (Å²) in [6.07, 6.45) is 3.28. The van der Waals surface area contributed by atoms with Crippen LogP contribution in [0.4, 0.5) is 4.79 Å². The number of hydrogen-bond acceptors (Lipinski definition) is 9. The quantitative estimate of drug-likeness (QED) is 0.128. The minimum atomic E-state index is -1.36. The van der Waals surface area contributed by atoms with Gasteiger partial charge in [0, 0.05) is 19.0 Å². The van der Waals surface area contributed by atoms with Gasteiger partial charge in [0.2, 0.25) is 5.88 Å². The molecule has 1 aliphatic carbocycles. The molecule has 42 heavy (non-hydrogen) atoms. The van der Waals surface area contributed by atoms with Crippen LogP contribution in [-0.4, -0.2) is 82.8 Å². The summed E-state index contributed by atoms with van der Waals surface area (Å²) >= 11 is 0. The second kappa shape index (κ2) is 15.0. The molecule has 0 saturated heterocycles. The molecule has 0 aliphatic heterocycles. The van der Waals surface area contributed by atoms with Crippen molar-refractivity contribution < 1.29 is 34.0 Å². The molecule has 2 aromatic rings. The van der Waals surface area contributed by atoms with Crippen molar-refractivity contribution in [3.8, 4) is 23.5 Å². The molecular weight excluding hydrogens is 540 g/mol. The predicted octanol–water partition coefficient (Wildman–Crippen LogP) is 4.20. The summed E-state index contributed by atoms with van der Waals surface area (Å²) in [6.45, 7) is 7.28. The normalized spacial score (nSPS) is 15.3. The largest absolute Gasteiger partial charge is 0.497 e. The molecule has 230 valence electrons. The van der Waals surface area contributed by atoms with E-state index in [1.807, 2.05) is 6.07 Å². The summed E-state index contributed by atoms with van der Waals surface area (Å²) in [5, 5.41) is 23.3. The number of amides is 1. The second-order valence-corrected chi connectivity index (χ2v) is 11.6. The molecule has 0 bridgehead atoms. The summed E-state index contributed by atoms with van der Waals surface area (Å²) in [6, 6.07) is 3.61. The molecule has 1 amide bonds. The highest BCUT2D eigenvalue weighted by Gasteiger charge is 2.40. The molecule has 1 heterocycles. The highest BCUT2D eigenvalue weighted by molar-refractivity contribution is 5.77. The van der Waals surface area contributed by atoms with Crippen LogP contribution in [0, 0.1) is 23.2 Å². The Labute approximate surface area is 248 Å². The monoisotopic (exact) mass is 584 g/mol. The zero-order valence-electron chi connectivity index (χ0n) is 25.5. The predicted molar refractivity (Wildman–Crippen MR) is 158 cm³/mol. The number of carbonyl (C=O) groups is 2. The fraction of sp³-hybridized carbons (Fsp3) is 0.613. The number of carbonyl (C=O) groups excluding carboxylic acids is 1. The van der Waals surface area contributed by atoms with Crippen LogP contribution in [0.2, 0.25) is 0 Å². The lowest BCUT2D eigenvalue weighted by molar-refractivity contribution is -0.155. The molecule has 3 rings (SSSR count). The molecule has 0 radical (unpaired) electrons. The van der Waals surface area contributed by atoms with Gasteiger partial charge in [-0.05, 0) is 48.6 Å². The molecule has 1 aromatic carbocycles. The third kappa shape index (κ3) is 9.19. The van der Waals surface area contributed by atoms with Crippen LogP contribution >= 0.6 is 0 Å². The summed E-state index contributed by atoms with van der Waals surface area (Å²) in [5.74, 6) is 7.46. The Morgan fingerprint density at radius 3 is 2.52 bits per heavy atom. The van der Waals surface area contributed by atoms with Gasteiger partial charge in [0.15, 0.2) is 5.69 Å². The van der Waals surface area contributed by atoms with E-state index in [0.717, 1.165) is 18.8 Å². The molecule has 1 unspecified atom stereocenters. The van der Waals surface area contributed by atoms with E-state index in [2.05, 4.69) is 27.1 Å². The van der Waals surface area contributed by atoms with Gasteiger partial charge < -0.3 is 29.7 Å². The van der Waals surface area contributed by atoms with Gasteiger partial charge in [0.05, 0.1) is 31.3 Å². The number of nitrogens with zero attached hydrogens (tertiary/aromatic N) is 3. The van der Waals surface area contributed by atoms with Crippen LogP contribution in [0.1, 0.15) is 71.9 Å². The SMILES string of the molecule is CC[C@@H](C(=O)OC)N(CCOc1nc2cc(OC)ccc2nc1C#CCCCC1CC1)C(O)[C@@H](NC(=O)O)C(C)(C)C. The van der Waals surface area contributed by atoms with Crippen LogP contribution in [-0.2, 0) is 9.53 Å². The molecule has 0 spiro atoms. The van der Waals surface area contributed by atoms with E-state index in [-0.39, 0.29) is 19.0 Å². The van der Waals surface area contributed by atoms with Crippen molar-refractivity contribution in [1.29, 1.82) is 0 Å². The van der Waals surface area contributed by atoms with E-state index in [0.29, 0.717) is 28.9 Å². The average molecular weight is 585 g/mol. The van der Waals surface area contributed by atoms with Crippen LogP contribution in [0.25, 0.3) is 11.0 Å². The minimum Gasteiger partial charge on any atom is -0.497 e. The number of nitrogens with one attached hydrogen (secondary N) is 1. The van der Waals surface area contributed by atoms with Gasteiger partial charge in [0.25, 0.3) is 0 Å².